The molecule has 0 bridgehead atoms. The first-order chi connectivity index (χ1) is 16.9. The fourth-order valence-electron chi connectivity index (χ4n) is 4.48. The summed E-state index contributed by atoms with van der Waals surface area (Å²) in [6, 6.07) is 9.01. The first-order valence-electron chi connectivity index (χ1n) is 11.6. The second-order valence-corrected chi connectivity index (χ2v) is 9.46. The second kappa shape index (κ2) is 7.93. The maximum atomic E-state index is 12.9. The van der Waals surface area contributed by atoms with Crippen molar-refractivity contribution in [1.29, 1.82) is 0 Å². The number of ether oxygens (including phenoxy) is 1. The molecule has 1 aliphatic carbocycles. The number of fused-ring (bicyclic) bond motifs is 2. The van der Waals surface area contributed by atoms with Gasteiger partial charge in [-0.15, -0.1) is 0 Å². The molecule has 6 rings (SSSR count). The lowest BCUT2D eigenvalue weighted by molar-refractivity contribution is -0.129. The minimum absolute atomic E-state index is 0.0284. The first kappa shape index (κ1) is 21.3. The predicted octanol–water partition coefficient (Wildman–Crippen LogP) is 3.98. The lowest BCUT2D eigenvalue weighted by atomic mass is 10.1. The van der Waals surface area contributed by atoms with Crippen molar-refractivity contribution in [3.8, 4) is 11.6 Å². The van der Waals surface area contributed by atoms with Crippen LogP contribution in [0.5, 0.6) is 11.6 Å². The van der Waals surface area contributed by atoms with Crippen LogP contribution in [0.4, 0.5) is 10.6 Å². The van der Waals surface area contributed by atoms with E-state index in [0.29, 0.717) is 37.0 Å². The summed E-state index contributed by atoms with van der Waals surface area (Å²) in [5.74, 6) is 1.64. The number of benzene rings is 1. The van der Waals surface area contributed by atoms with Gasteiger partial charge in [0.25, 0.3) is 0 Å². The average molecular weight is 472 g/mol. The van der Waals surface area contributed by atoms with E-state index < -0.39 is 0 Å². The van der Waals surface area contributed by atoms with E-state index in [9.17, 15) is 9.59 Å². The summed E-state index contributed by atoms with van der Waals surface area (Å²) in [7, 11) is 0. The van der Waals surface area contributed by atoms with Crippen molar-refractivity contribution in [3.63, 3.8) is 0 Å². The molecule has 1 fully saturated rings. The van der Waals surface area contributed by atoms with Gasteiger partial charge in [0.15, 0.2) is 5.82 Å². The van der Waals surface area contributed by atoms with Gasteiger partial charge in [-0.2, -0.15) is 5.10 Å². The number of nitrogens with zero attached hydrogens (tertiary/aromatic N) is 5. The molecule has 0 spiro atoms. The molecule has 0 radical (unpaired) electrons. The van der Waals surface area contributed by atoms with Crippen molar-refractivity contribution in [1.82, 2.24) is 29.6 Å². The molecule has 10 nitrogen and oxygen atoms in total. The Hall–Kier alpha value is -4.21. The highest BCUT2D eigenvalue weighted by Gasteiger charge is 2.40. The molecule has 2 amide bonds. The van der Waals surface area contributed by atoms with Crippen molar-refractivity contribution in [2.45, 2.75) is 45.1 Å². The van der Waals surface area contributed by atoms with Crippen LogP contribution in [0.15, 0.2) is 42.9 Å². The van der Waals surface area contributed by atoms with E-state index in [1.54, 1.807) is 22.6 Å². The van der Waals surface area contributed by atoms with Crippen LogP contribution in [0.3, 0.4) is 0 Å². The Balaban J connectivity index is 1.20. The van der Waals surface area contributed by atoms with E-state index in [0.717, 1.165) is 40.7 Å². The first-order valence-corrected chi connectivity index (χ1v) is 11.6. The Kier molecular flexibility index (Phi) is 4.84. The van der Waals surface area contributed by atoms with Gasteiger partial charge in [0, 0.05) is 47.8 Å². The normalized spacial score (nSPS) is 16.1. The predicted molar refractivity (Wildman–Crippen MR) is 128 cm³/mol. The zero-order valence-corrected chi connectivity index (χ0v) is 19.5. The molecule has 178 valence electrons. The molecule has 1 aromatic carbocycles. The van der Waals surface area contributed by atoms with Gasteiger partial charge >= 0.3 is 6.03 Å². The molecule has 2 N–H and O–H groups in total. The number of H-pyrrole nitrogens is 1. The molecule has 3 aromatic heterocycles. The van der Waals surface area contributed by atoms with Crippen LogP contribution in [0.1, 0.15) is 43.6 Å². The molecule has 0 atom stereocenters. The van der Waals surface area contributed by atoms with Gasteiger partial charge in [0.05, 0.1) is 17.8 Å². The van der Waals surface area contributed by atoms with Gasteiger partial charge < -0.3 is 9.64 Å². The van der Waals surface area contributed by atoms with E-state index in [4.69, 9.17) is 4.74 Å². The summed E-state index contributed by atoms with van der Waals surface area (Å²) in [5, 5.41) is 11.0. The van der Waals surface area contributed by atoms with E-state index in [2.05, 4.69) is 32.4 Å². The van der Waals surface area contributed by atoms with E-state index in [-0.39, 0.29) is 17.4 Å². The fourth-order valence-corrected chi connectivity index (χ4v) is 4.48. The third-order valence-electron chi connectivity index (χ3n) is 6.97. The number of hydrogen-bond acceptors (Lipinski definition) is 6. The maximum Gasteiger partial charge on any atom is 0.331 e. The highest BCUT2D eigenvalue weighted by Crippen LogP contribution is 2.47. The smallest absolute Gasteiger partial charge is 0.331 e. The van der Waals surface area contributed by atoms with Crippen molar-refractivity contribution < 1.29 is 14.3 Å². The number of aromatic amines is 1. The summed E-state index contributed by atoms with van der Waals surface area (Å²) >= 11 is 0. The van der Waals surface area contributed by atoms with E-state index in [1.165, 1.54) is 6.33 Å². The Morgan fingerprint density at radius 2 is 2.03 bits per heavy atom. The van der Waals surface area contributed by atoms with Crippen LogP contribution in [0, 0.1) is 0 Å². The minimum atomic E-state index is -0.285. The molecule has 35 heavy (non-hydrogen) atoms. The van der Waals surface area contributed by atoms with Crippen LogP contribution in [-0.2, 0) is 23.2 Å². The molecule has 0 saturated heterocycles. The Morgan fingerprint density at radius 3 is 2.83 bits per heavy atom. The summed E-state index contributed by atoms with van der Waals surface area (Å²) in [6.45, 7) is 4.81. The van der Waals surface area contributed by atoms with Crippen LogP contribution in [0.2, 0.25) is 0 Å². The lowest BCUT2D eigenvalue weighted by Gasteiger charge is -2.27. The number of carbonyl (C=O) groups is 2. The van der Waals surface area contributed by atoms with E-state index in [1.807, 2.05) is 30.3 Å². The second-order valence-electron chi connectivity index (χ2n) is 9.46. The number of amides is 2. The number of carbonyl (C=O) groups excluding carboxylic acids is 2. The molecular weight excluding hydrogens is 446 g/mol. The van der Waals surface area contributed by atoms with Gasteiger partial charge in [0.1, 0.15) is 12.1 Å². The zero-order valence-electron chi connectivity index (χ0n) is 19.5. The SMILES string of the molecule is CC(=O)N1CCc2c(ncnc2Oc2ccc3c(ccn3C(=O)Nc3cc(C4(C)CC4)[nH]n3)c2)C1. The number of anilines is 1. The topological polar surface area (TPSA) is 118 Å². The summed E-state index contributed by atoms with van der Waals surface area (Å²) in [4.78, 5) is 35.0. The Morgan fingerprint density at radius 1 is 1.17 bits per heavy atom. The lowest BCUT2D eigenvalue weighted by Crippen LogP contribution is -2.35. The summed E-state index contributed by atoms with van der Waals surface area (Å²) in [5.41, 5.74) is 3.68. The largest absolute Gasteiger partial charge is 0.439 e. The highest BCUT2D eigenvalue weighted by molar-refractivity contribution is 5.98. The molecule has 4 heterocycles. The van der Waals surface area contributed by atoms with Crippen LogP contribution in [-0.4, -0.2) is 48.1 Å². The molecule has 0 unspecified atom stereocenters. The Bertz CT molecular complexity index is 1470. The van der Waals surface area contributed by atoms with E-state index >= 15 is 0 Å². The number of hydrogen-bond donors (Lipinski definition) is 2. The number of nitrogens with one attached hydrogen (secondary N) is 2. The van der Waals surface area contributed by atoms with Gasteiger partial charge in [0.2, 0.25) is 11.8 Å². The third kappa shape index (κ3) is 3.90. The molecule has 2 aliphatic rings. The molecular formula is C25H25N7O3. The monoisotopic (exact) mass is 471 g/mol. The highest BCUT2D eigenvalue weighted by atomic mass is 16.5. The number of aromatic nitrogens is 5. The third-order valence-corrected chi connectivity index (χ3v) is 6.97. The van der Waals surface area contributed by atoms with Gasteiger partial charge in [-0.05, 0) is 43.5 Å². The standard InChI is InChI=1S/C25H25N7O3/c1-15(33)31-9-6-18-19(13-31)26-14-27-23(18)35-17-3-4-20-16(11-17)5-10-32(20)24(34)28-22-12-21(29-30-22)25(2)7-8-25/h3-5,10-12,14H,6-9,13H2,1-2H3,(H2,28,29,30,34). The molecule has 4 aromatic rings. The average Bonchev–Trinajstić information content (AvgIpc) is 3.24. The minimum Gasteiger partial charge on any atom is -0.439 e. The van der Waals surface area contributed by atoms with Crippen molar-refractivity contribution in [2.75, 3.05) is 11.9 Å². The van der Waals surface area contributed by atoms with Crippen LogP contribution >= 0.6 is 0 Å². The van der Waals surface area contributed by atoms with Gasteiger partial charge in [-0.25, -0.2) is 14.8 Å². The summed E-state index contributed by atoms with van der Waals surface area (Å²) < 4.78 is 7.66. The molecule has 1 aliphatic heterocycles. The van der Waals surface area contributed by atoms with Crippen LogP contribution < -0.4 is 10.1 Å². The summed E-state index contributed by atoms with van der Waals surface area (Å²) in [6.07, 6.45) is 6.08. The maximum absolute atomic E-state index is 12.9. The zero-order chi connectivity index (χ0) is 24.2. The van der Waals surface area contributed by atoms with Gasteiger partial charge in [-0.3, -0.25) is 19.8 Å². The Labute approximate surface area is 201 Å². The molecule has 10 heteroatoms. The quantitative estimate of drug-likeness (QED) is 0.465. The van der Waals surface area contributed by atoms with Crippen molar-refractivity contribution >= 4 is 28.7 Å². The number of rotatable bonds is 4. The molecule has 1 saturated carbocycles. The van der Waals surface area contributed by atoms with Crippen molar-refractivity contribution in [2.24, 2.45) is 0 Å². The van der Waals surface area contributed by atoms with Crippen LogP contribution in [0.25, 0.3) is 10.9 Å². The van der Waals surface area contributed by atoms with Crippen molar-refractivity contribution in [3.05, 3.63) is 59.8 Å². The van der Waals surface area contributed by atoms with Gasteiger partial charge in [-0.1, -0.05) is 6.92 Å². The fraction of sp³-hybridized carbons (Fsp3) is 0.320.